The third-order valence-electron chi connectivity index (χ3n) is 10.00. The van der Waals surface area contributed by atoms with Crippen molar-refractivity contribution in [3.63, 3.8) is 0 Å². The minimum Gasteiger partial charge on any atom is -0.744 e. The van der Waals surface area contributed by atoms with Crippen molar-refractivity contribution in [2.24, 2.45) is 0 Å². The van der Waals surface area contributed by atoms with Gasteiger partial charge in [-0.2, -0.15) is 0 Å². The van der Waals surface area contributed by atoms with Crippen LogP contribution in [0, 0.1) is 0 Å². The molecule has 0 saturated heterocycles. The molecule has 0 unspecified atom stereocenters. The second-order valence-corrected chi connectivity index (χ2v) is 16.3. The van der Waals surface area contributed by atoms with Gasteiger partial charge in [0, 0.05) is 0 Å². The molecule has 310 valence electrons. The number of esters is 2. The molecule has 0 atom stereocenters. The Morgan fingerprint density at radius 3 is 1.20 bits per heavy atom. The molecule has 0 saturated carbocycles. The van der Waals surface area contributed by atoms with Gasteiger partial charge in [0.2, 0.25) is 0 Å². The van der Waals surface area contributed by atoms with E-state index in [4.69, 9.17) is 9.47 Å². The zero-order valence-electron chi connectivity index (χ0n) is 35.4. The molecule has 0 aromatic heterocycles. The van der Waals surface area contributed by atoms with Crippen molar-refractivity contribution in [2.45, 2.75) is 211 Å². The summed E-state index contributed by atoms with van der Waals surface area (Å²) in [6.45, 7) is 4.66. The van der Waals surface area contributed by atoms with E-state index < -0.39 is 32.5 Å². The van der Waals surface area contributed by atoms with Crippen molar-refractivity contribution >= 4 is 22.1 Å². The Kier molecular flexibility index (Phi) is 38.1. The van der Waals surface area contributed by atoms with Gasteiger partial charge in [0.25, 0.3) is 0 Å². The van der Waals surface area contributed by atoms with Crippen molar-refractivity contribution in [1.29, 1.82) is 0 Å². The van der Waals surface area contributed by atoms with E-state index in [0.29, 0.717) is 19.3 Å². The SMILES string of the molecule is CCCCCCCCCCCCCC/C=C/CCCOC(=O)c1cccc(S(=O)(=O)[O-])c1C(=O)OCCC/C=C/CCCCCCCCCCCCCC.[K+]. The Labute approximate surface area is 380 Å². The van der Waals surface area contributed by atoms with Gasteiger partial charge in [-0.15, -0.1) is 0 Å². The number of benzene rings is 1. The number of allylic oxidation sites excluding steroid dienone is 4. The Hall–Kier alpha value is -0.814. The van der Waals surface area contributed by atoms with Crippen molar-refractivity contribution in [2.75, 3.05) is 13.2 Å². The summed E-state index contributed by atoms with van der Waals surface area (Å²) < 4.78 is 46.6. The molecule has 0 amide bonds. The predicted molar refractivity (Wildman–Crippen MR) is 223 cm³/mol. The first-order chi connectivity index (χ1) is 26.3. The first-order valence-electron chi connectivity index (χ1n) is 22.1. The van der Waals surface area contributed by atoms with Gasteiger partial charge < -0.3 is 14.0 Å². The molecule has 7 nitrogen and oxygen atoms in total. The molecule has 1 aromatic rings. The summed E-state index contributed by atoms with van der Waals surface area (Å²) in [5.41, 5.74) is -0.830. The van der Waals surface area contributed by atoms with E-state index in [1.807, 2.05) is 0 Å². The Balaban J connectivity index is 0.0000292. The monoisotopic (exact) mass is 813 g/mol. The summed E-state index contributed by atoms with van der Waals surface area (Å²) in [4.78, 5) is 25.1. The van der Waals surface area contributed by atoms with E-state index in [1.54, 1.807) is 0 Å². The molecule has 1 rings (SSSR count). The third kappa shape index (κ3) is 30.9. The van der Waals surface area contributed by atoms with Gasteiger partial charge in [0.15, 0.2) is 0 Å². The van der Waals surface area contributed by atoms with E-state index in [2.05, 4.69) is 38.2 Å². The summed E-state index contributed by atoms with van der Waals surface area (Å²) in [6.07, 6.45) is 45.0. The van der Waals surface area contributed by atoms with E-state index in [0.717, 1.165) is 31.7 Å². The van der Waals surface area contributed by atoms with Crippen LogP contribution < -0.4 is 51.4 Å². The first-order valence-corrected chi connectivity index (χ1v) is 23.5. The zero-order chi connectivity index (χ0) is 39.4. The minimum atomic E-state index is -5.03. The maximum absolute atomic E-state index is 13.0. The summed E-state index contributed by atoms with van der Waals surface area (Å²) in [6, 6.07) is 3.58. The second-order valence-electron chi connectivity index (χ2n) is 15.0. The van der Waals surface area contributed by atoms with Crippen LogP contribution in [0.5, 0.6) is 0 Å². The quantitative estimate of drug-likeness (QED) is 0.0216. The molecule has 0 aliphatic rings. The smallest absolute Gasteiger partial charge is 0.744 e. The average molecular weight is 813 g/mol. The standard InChI is InChI=1S/C46H78O7S.K/c1-3-5-7-9-11-13-15-17-19-21-23-25-27-29-31-33-35-40-52-45(47)42-38-37-39-43(54(49,50)51)44(42)46(48)53-41-36-34-32-30-28-26-24-22-20-18-16-14-12-10-8-6-4-2;/h29-32,37-39H,3-28,33-36,40-41H2,1-2H3,(H,49,50,51);/q;+1/p-1/b31-29+,32-30+;. The molecule has 0 N–H and O–H groups in total. The number of hydrogen-bond acceptors (Lipinski definition) is 7. The Bertz CT molecular complexity index is 1240. The van der Waals surface area contributed by atoms with E-state index in [9.17, 15) is 22.6 Å². The van der Waals surface area contributed by atoms with Gasteiger partial charge in [-0.3, -0.25) is 0 Å². The van der Waals surface area contributed by atoms with Crippen LogP contribution in [0.15, 0.2) is 47.4 Å². The van der Waals surface area contributed by atoms with Gasteiger partial charge in [0.05, 0.1) is 29.2 Å². The van der Waals surface area contributed by atoms with Crippen LogP contribution in [0.2, 0.25) is 0 Å². The van der Waals surface area contributed by atoms with E-state index >= 15 is 0 Å². The van der Waals surface area contributed by atoms with E-state index in [-0.39, 0.29) is 70.2 Å². The molecule has 9 heteroatoms. The van der Waals surface area contributed by atoms with Gasteiger partial charge >= 0.3 is 63.3 Å². The third-order valence-corrected chi connectivity index (χ3v) is 10.9. The van der Waals surface area contributed by atoms with Crippen LogP contribution in [0.3, 0.4) is 0 Å². The fourth-order valence-electron chi connectivity index (χ4n) is 6.68. The molecule has 0 fully saturated rings. The maximum atomic E-state index is 13.0. The Morgan fingerprint density at radius 2 is 0.836 bits per heavy atom. The molecule has 0 bridgehead atoms. The minimum absolute atomic E-state index is 0. The van der Waals surface area contributed by atoms with Crippen LogP contribution in [0.4, 0.5) is 0 Å². The number of unbranched alkanes of at least 4 members (excludes halogenated alkanes) is 26. The number of hydrogen-bond donors (Lipinski definition) is 0. The molecular formula is C46H77KO7S. The number of carbonyl (C=O) groups is 2. The molecule has 0 heterocycles. The predicted octanol–water partition coefficient (Wildman–Crippen LogP) is 10.8. The normalized spacial score (nSPS) is 11.7. The average Bonchev–Trinajstić information content (AvgIpc) is 3.16. The van der Waals surface area contributed by atoms with E-state index in [1.165, 1.54) is 160 Å². The first kappa shape index (κ1) is 54.2. The van der Waals surface area contributed by atoms with Crippen molar-refractivity contribution in [1.82, 2.24) is 0 Å². The van der Waals surface area contributed by atoms with Crippen molar-refractivity contribution in [3.05, 3.63) is 53.6 Å². The summed E-state index contributed by atoms with van der Waals surface area (Å²) >= 11 is 0. The molecule has 0 radical (unpaired) electrons. The van der Waals surface area contributed by atoms with Crippen LogP contribution in [-0.4, -0.2) is 38.1 Å². The van der Waals surface area contributed by atoms with Crippen molar-refractivity contribution in [3.8, 4) is 0 Å². The zero-order valence-corrected chi connectivity index (χ0v) is 39.4. The number of carbonyl (C=O) groups excluding carboxylic acids is 2. The largest absolute Gasteiger partial charge is 1.00 e. The summed E-state index contributed by atoms with van der Waals surface area (Å²) in [5.74, 6) is -1.87. The molecule has 55 heavy (non-hydrogen) atoms. The van der Waals surface area contributed by atoms with Crippen LogP contribution in [0.1, 0.15) is 227 Å². The van der Waals surface area contributed by atoms with Crippen LogP contribution in [0.25, 0.3) is 0 Å². The van der Waals surface area contributed by atoms with Gasteiger partial charge in [-0.25, -0.2) is 18.0 Å². The number of rotatable bonds is 37. The fourth-order valence-corrected chi connectivity index (χ4v) is 7.37. The number of ether oxygens (including phenoxy) is 2. The molecule has 1 aromatic carbocycles. The fraction of sp³-hybridized carbons (Fsp3) is 0.739. The van der Waals surface area contributed by atoms with Crippen LogP contribution in [-0.2, 0) is 19.6 Å². The summed E-state index contributed by atoms with van der Waals surface area (Å²) in [5, 5.41) is 0. The molecular weight excluding hydrogens is 736 g/mol. The topological polar surface area (TPSA) is 110 Å². The van der Waals surface area contributed by atoms with Crippen LogP contribution >= 0.6 is 0 Å². The van der Waals surface area contributed by atoms with Crippen molar-refractivity contribution < 1.29 is 83.4 Å². The Morgan fingerprint density at radius 1 is 0.509 bits per heavy atom. The molecule has 0 aliphatic carbocycles. The maximum Gasteiger partial charge on any atom is 1.00 e. The van der Waals surface area contributed by atoms with Gasteiger partial charge in [0.1, 0.15) is 10.1 Å². The van der Waals surface area contributed by atoms with Gasteiger partial charge in [-0.1, -0.05) is 185 Å². The molecule has 0 aliphatic heterocycles. The second kappa shape index (κ2) is 38.7. The molecule has 0 spiro atoms. The summed E-state index contributed by atoms with van der Waals surface area (Å²) in [7, 11) is -5.03. The van der Waals surface area contributed by atoms with Gasteiger partial charge in [-0.05, 0) is 63.5 Å².